The summed E-state index contributed by atoms with van der Waals surface area (Å²) in [7, 11) is 0. The number of aryl methyl sites for hydroxylation is 1. The molecule has 2 aromatic heterocycles. The van der Waals surface area contributed by atoms with E-state index in [2.05, 4.69) is 27.0 Å². The normalized spacial score (nSPS) is 17.9. The summed E-state index contributed by atoms with van der Waals surface area (Å²) >= 11 is 0. The quantitative estimate of drug-likeness (QED) is 0.749. The van der Waals surface area contributed by atoms with Crippen molar-refractivity contribution in [1.29, 1.82) is 0 Å². The summed E-state index contributed by atoms with van der Waals surface area (Å²) in [4.78, 5) is 6.55. The zero-order chi connectivity index (χ0) is 11.8. The molecule has 0 spiro atoms. The van der Waals surface area contributed by atoms with Crippen LogP contribution in [0.2, 0.25) is 0 Å². The van der Waals surface area contributed by atoms with Crippen LogP contribution in [0.1, 0.15) is 25.5 Å². The van der Waals surface area contributed by atoms with Gasteiger partial charge in [0.1, 0.15) is 0 Å². The molecule has 0 atom stereocenters. The largest absolute Gasteiger partial charge is 0.341 e. The van der Waals surface area contributed by atoms with Gasteiger partial charge in [-0.2, -0.15) is 0 Å². The first-order chi connectivity index (χ1) is 8.25. The Morgan fingerprint density at radius 1 is 1.24 bits per heavy atom. The maximum Gasteiger partial charge on any atom is 0.231 e. The Bertz CT molecular complexity index is 525. The van der Waals surface area contributed by atoms with Crippen LogP contribution < -0.4 is 4.90 Å². The molecule has 2 aromatic rings. The lowest BCUT2D eigenvalue weighted by Gasteiger charge is -2.30. The Kier molecular flexibility index (Phi) is 2.46. The zero-order valence-electron chi connectivity index (χ0n) is 10.3. The number of hydrogen-bond acceptors (Lipinski definition) is 4. The zero-order valence-corrected chi connectivity index (χ0v) is 10.3. The van der Waals surface area contributed by atoms with Crippen LogP contribution in [0, 0.1) is 12.8 Å². The number of rotatable bonds is 1. The fourth-order valence-corrected chi connectivity index (χ4v) is 2.36. The fraction of sp³-hybridized carbons (Fsp3) is 0.583. The second kappa shape index (κ2) is 3.98. The van der Waals surface area contributed by atoms with Crippen molar-refractivity contribution in [2.45, 2.75) is 26.7 Å². The van der Waals surface area contributed by atoms with Crippen LogP contribution in [-0.2, 0) is 0 Å². The average Bonchev–Trinajstić information content (AvgIpc) is 2.75. The van der Waals surface area contributed by atoms with E-state index in [-0.39, 0.29) is 0 Å². The van der Waals surface area contributed by atoms with Gasteiger partial charge in [-0.15, -0.1) is 10.2 Å². The van der Waals surface area contributed by atoms with Gasteiger partial charge in [-0.25, -0.2) is 0 Å². The summed E-state index contributed by atoms with van der Waals surface area (Å²) in [5.41, 5.74) is 1.79. The molecule has 1 saturated heterocycles. The Morgan fingerprint density at radius 2 is 2.00 bits per heavy atom. The fourth-order valence-electron chi connectivity index (χ4n) is 2.36. The Morgan fingerprint density at radius 3 is 2.76 bits per heavy atom. The van der Waals surface area contributed by atoms with Crippen molar-refractivity contribution in [2.24, 2.45) is 5.92 Å². The number of hydrogen-bond donors (Lipinski definition) is 0. The van der Waals surface area contributed by atoms with Crippen LogP contribution in [0.25, 0.3) is 5.65 Å². The summed E-state index contributed by atoms with van der Waals surface area (Å²) in [6.45, 7) is 6.42. The lowest BCUT2D eigenvalue weighted by atomic mass is 10.00. The highest BCUT2D eigenvalue weighted by Gasteiger charge is 2.20. The first-order valence-corrected chi connectivity index (χ1v) is 6.17. The molecule has 0 bridgehead atoms. The van der Waals surface area contributed by atoms with Gasteiger partial charge in [-0.1, -0.05) is 6.92 Å². The predicted molar refractivity (Wildman–Crippen MR) is 66.1 cm³/mol. The summed E-state index contributed by atoms with van der Waals surface area (Å²) in [5, 5.41) is 8.52. The molecule has 5 heteroatoms. The standard InChI is InChI=1S/C12H17N5/c1-9-3-6-16(7-4-9)12-15-14-11-10(2)13-5-8-17(11)12/h5,8-9H,3-4,6-7H2,1-2H3. The van der Waals surface area contributed by atoms with Gasteiger partial charge in [0.25, 0.3) is 0 Å². The topological polar surface area (TPSA) is 46.3 Å². The van der Waals surface area contributed by atoms with Crippen LogP contribution in [0.15, 0.2) is 12.4 Å². The molecule has 0 aliphatic carbocycles. The molecule has 3 heterocycles. The van der Waals surface area contributed by atoms with Crippen LogP contribution in [0.5, 0.6) is 0 Å². The third-order valence-corrected chi connectivity index (χ3v) is 3.55. The van der Waals surface area contributed by atoms with Crippen LogP contribution >= 0.6 is 0 Å². The van der Waals surface area contributed by atoms with Gasteiger partial charge < -0.3 is 4.90 Å². The van der Waals surface area contributed by atoms with Gasteiger partial charge in [-0.05, 0) is 25.7 Å². The smallest absolute Gasteiger partial charge is 0.231 e. The van der Waals surface area contributed by atoms with Crippen LogP contribution in [0.3, 0.4) is 0 Å². The van der Waals surface area contributed by atoms with E-state index in [0.29, 0.717) is 0 Å². The first-order valence-electron chi connectivity index (χ1n) is 6.17. The highest BCUT2D eigenvalue weighted by atomic mass is 15.4. The number of fused-ring (bicyclic) bond motifs is 1. The molecule has 0 N–H and O–H groups in total. The van der Waals surface area contributed by atoms with Gasteiger partial charge >= 0.3 is 0 Å². The minimum atomic E-state index is 0.828. The molecule has 0 aromatic carbocycles. The summed E-state index contributed by atoms with van der Waals surface area (Å²) in [6, 6.07) is 0. The van der Waals surface area contributed by atoms with E-state index in [0.717, 1.165) is 36.3 Å². The van der Waals surface area contributed by atoms with Gasteiger partial charge in [0.05, 0.1) is 5.69 Å². The van der Waals surface area contributed by atoms with Gasteiger partial charge in [0, 0.05) is 25.5 Å². The van der Waals surface area contributed by atoms with E-state index in [1.54, 1.807) is 0 Å². The van der Waals surface area contributed by atoms with Crippen LogP contribution in [-0.4, -0.2) is 32.7 Å². The molecule has 1 aliphatic heterocycles. The summed E-state index contributed by atoms with van der Waals surface area (Å²) < 4.78 is 2.04. The van der Waals surface area contributed by atoms with E-state index in [4.69, 9.17) is 0 Å². The summed E-state index contributed by atoms with van der Waals surface area (Å²) in [5.74, 6) is 1.78. The van der Waals surface area contributed by atoms with Gasteiger partial charge in [0.15, 0.2) is 5.65 Å². The minimum absolute atomic E-state index is 0.828. The Balaban J connectivity index is 1.98. The highest BCUT2D eigenvalue weighted by molar-refractivity contribution is 5.49. The number of nitrogens with zero attached hydrogens (tertiary/aromatic N) is 5. The molecule has 90 valence electrons. The molecule has 0 amide bonds. The van der Waals surface area contributed by atoms with Crippen LogP contribution in [0.4, 0.5) is 5.95 Å². The summed E-state index contributed by atoms with van der Waals surface area (Å²) in [6.07, 6.45) is 6.22. The minimum Gasteiger partial charge on any atom is -0.341 e. The second-order valence-corrected chi connectivity index (χ2v) is 4.88. The maximum absolute atomic E-state index is 4.30. The molecule has 0 saturated carbocycles. The third kappa shape index (κ3) is 1.75. The Labute approximate surface area is 100 Å². The molecular weight excluding hydrogens is 214 g/mol. The monoisotopic (exact) mass is 231 g/mol. The van der Waals surface area contributed by atoms with Crippen molar-refractivity contribution in [1.82, 2.24) is 19.6 Å². The molecule has 5 nitrogen and oxygen atoms in total. The van der Waals surface area contributed by atoms with Gasteiger partial charge in [-0.3, -0.25) is 9.38 Å². The lowest BCUT2D eigenvalue weighted by Crippen LogP contribution is -2.34. The van der Waals surface area contributed by atoms with Crippen molar-refractivity contribution >= 4 is 11.6 Å². The first kappa shape index (κ1) is 10.5. The van der Waals surface area contributed by atoms with Crippen molar-refractivity contribution < 1.29 is 0 Å². The molecule has 0 unspecified atom stereocenters. The van der Waals surface area contributed by atoms with E-state index in [1.165, 1.54) is 12.8 Å². The molecular formula is C12H17N5. The number of aromatic nitrogens is 4. The molecule has 0 radical (unpaired) electrons. The van der Waals surface area contributed by atoms with E-state index >= 15 is 0 Å². The second-order valence-electron chi connectivity index (χ2n) is 4.88. The van der Waals surface area contributed by atoms with Crippen molar-refractivity contribution in [2.75, 3.05) is 18.0 Å². The molecule has 3 rings (SSSR count). The number of piperidine rings is 1. The maximum atomic E-state index is 4.30. The third-order valence-electron chi connectivity index (χ3n) is 3.55. The number of anilines is 1. The predicted octanol–water partition coefficient (Wildman–Crippen LogP) is 1.67. The highest BCUT2D eigenvalue weighted by Crippen LogP contribution is 2.22. The van der Waals surface area contributed by atoms with E-state index in [9.17, 15) is 0 Å². The Hall–Kier alpha value is -1.65. The van der Waals surface area contributed by atoms with Crippen molar-refractivity contribution in [3.8, 4) is 0 Å². The van der Waals surface area contributed by atoms with Gasteiger partial charge in [0.2, 0.25) is 5.95 Å². The lowest BCUT2D eigenvalue weighted by molar-refractivity contribution is 0.434. The SMILES string of the molecule is Cc1nccn2c(N3CCC(C)CC3)nnc12. The van der Waals surface area contributed by atoms with E-state index in [1.807, 2.05) is 23.7 Å². The molecule has 17 heavy (non-hydrogen) atoms. The van der Waals surface area contributed by atoms with Crippen molar-refractivity contribution in [3.63, 3.8) is 0 Å². The average molecular weight is 231 g/mol. The molecule has 1 aliphatic rings. The van der Waals surface area contributed by atoms with E-state index < -0.39 is 0 Å². The van der Waals surface area contributed by atoms with Crippen molar-refractivity contribution in [3.05, 3.63) is 18.1 Å². The molecule has 1 fully saturated rings.